The number of oxime groups is 1. The Morgan fingerprint density at radius 2 is 2.15 bits per heavy atom. The van der Waals surface area contributed by atoms with Crippen LogP contribution < -0.4 is 11.1 Å². The van der Waals surface area contributed by atoms with E-state index in [2.05, 4.69) is 20.4 Å². The number of nitrogens with two attached hydrogens (primary N) is 1. The molecule has 5 N–H and O–H groups in total. The molecule has 4 bridgehead atoms. The molecule has 2 aromatic rings. The van der Waals surface area contributed by atoms with Gasteiger partial charge in [-0.2, -0.15) is 0 Å². The Bertz CT molecular complexity index is 860. The Kier molecular flexibility index (Phi) is 3.44. The highest BCUT2D eigenvalue weighted by Crippen LogP contribution is 2.56. The zero-order valence-corrected chi connectivity index (χ0v) is 14.9. The molecule has 0 spiro atoms. The van der Waals surface area contributed by atoms with Crippen molar-refractivity contribution in [2.75, 3.05) is 12.4 Å². The van der Waals surface area contributed by atoms with Crippen LogP contribution in [0.1, 0.15) is 37.7 Å². The minimum atomic E-state index is -0.435. The first-order valence-electron chi connectivity index (χ1n) is 9.38. The van der Waals surface area contributed by atoms with E-state index < -0.39 is 5.60 Å². The Morgan fingerprint density at radius 3 is 2.85 bits per heavy atom. The van der Waals surface area contributed by atoms with Crippen molar-refractivity contribution in [3.8, 4) is 0 Å². The van der Waals surface area contributed by atoms with Crippen LogP contribution in [0.3, 0.4) is 0 Å². The molecule has 6 rings (SSSR count). The second kappa shape index (κ2) is 5.61. The number of aliphatic hydroxyl groups is 1. The van der Waals surface area contributed by atoms with Crippen LogP contribution in [0.15, 0.2) is 23.6 Å². The van der Waals surface area contributed by atoms with Crippen LogP contribution in [0.4, 0.5) is 5.69 Å². The van der Waals surface area contributed by atoms with E-state index in [1.807, 2.05) is 12.3 Å². The SMILES string of the molecule is CON=C(N)c1cnc2[nH]ccc2c1N[C@H]1C2CC3CC1C[C@@](O)(C3)C2. The molecular weight excluding hydrogens is 330 g/mol. The molecule has 0 aromatic carbocycles. The molecule has 0 amide bonds. The molecule has 26 heavy (non-hydrogen) atoms. The molecule has 2 unspecified atom stereocenters. The number of fused-ring (bicyclic) bond motifs is 1. The summed E-state index contributed by atoms with van der Waals surface area (Å²) in [6.07, 6.45) is 8.82. The van der Waals surface area contributed by atoms with E-state index >= 15 is 0 Å². The van der Waals surface area contributed by atoms with E-state index in [1.165, 1.54) is 20.0 Å². The van der Waals surface area contributed by atoms with E-state index in [0.717, 1.165) is 41.5 Å². The standard InChI is InChI=1S/C19H25N5O2/c1-26-24-17(20)14-9-22-18-13(2-3-21-18)16(14)23-15-11-4-10-5-12(15)8-19(25,6-10)7-11/h2-3,9-12,15,25H,4-8H2,1H3,(H2,20,24)(H2,21,22,23)/t10?,11?,12?,15-,19+. The van der Waals surface area contributed by atoms with Gasteiger partial charge in [-0.05, 0) is 55.9 Å². The third-order valence-electron chi connectivity index (χ3n) is 6.60. The lowest BCUT2D eigenvalue weighted by Crippen LogP contribution is -2.59. The molecule has 0 saturated heterocycles. The van der Waals surface area contributed by atoms with Crippen molar-refractivity contribution < 1.29 is 9.94 Å². The number of H-pyrrole nitrogens is 1. The summed E-state index contributed by atoms with van der Waals surface area (Å²) in [5.74, 6) is 2.00. The van der Waals surface area contributed by atoms with Gasteiger partial charge in [0.15, 0.2) is 5.84 Å². The number of aromatic amines is 1. The molecule has 2 aromatic heterocycles. The molecule has 0 radical (unpaired) electrons. The van der Waals surface area contributed by atoms with Crippen molar-refractivity contribution in [2.45, 2.75) is 43.7 Å². The maximum absolute atomic E-state index is 10.8. The first kappa shape index (κ1) is 15.9. The smallest absolute Gasteiger partial charge is 0.173 e. The summed E-state index contributed by atoms with van der Waals surface area (Å²) in [6, 6.07) is 2.36. The van der Waals surface area contributed by atoms with Crippen LogP contribution in [0.2, 0.25) is 0 Å². The second-order valence-corrected chi connectivity index (χ2v) is 8.31. The summed E-state index contributed by atoms with van der Waals surface area (Å²) in [6.45, 7) is 0. The average molecular weight is 355 g/mol. The number of pyridine rings is 1. The highest BCUT2D eigenvalue weighted by atomic mass is 16.6. The van der Waals surface area contributed by atoms with Gasteiger partial charge in [0.25, 0.3) is 0 Å². The van der Waals surface area contributed by atoms with Gasteiger partial charge >= 0.3 is 0 Å². The van der Waals surface area contributed by atoms with E-state index in [0.29, 0.717) is 29.6 Å². The summed E-state index contributed by atoms with van der Waals surface area (Å²) in [5.41, 5.74) is 8.23. The quantitative estimate of drug-likeness (QED) is 0.382. The number of anilines is 1. The van der Waals surface area contributed by atoms with Crippen LogP contribution in [0.5, 0.6) is 0 Å². The first-order chi connectivity index (χ1) is 12.6. The molecule has 7 nitrogen and oxygen atoms in total. The number of aromatic nitrogens is 2. The Labute approximate surface area is 152 Å². The van der Waals surface area contributed by atoms with Gasteiger partial charge in [0.2, 0.25) is 0 Å². The summed E-state index contributed by atoms with van der Waals surface area (Å²) in [5, 5.41) is 19.5. The predicted molar refractivity (Wildman–Crippen MR) is 99.7 cm³/mol. The van der Waals surface area contributed by atoms with Crippen molar-refractivity contribution >= 4 is 22.6 Å². The molecule has 4 aliphatic rings. The molecule has 7 heteroatoms. The lowest BCUT2D eigenvalue weighted by molar-refractivity contribution is -0.129. The van der Waals surface area contributed by atoms with Gasteiger partial charge in [-0.1, -0.05) is 5.16 Å². The first-order valence-corrected chi connectivity index (χ1v) is 9.38. The van der Waals surface area contributed by atoms with E-state index in [9.17, 15) is 5.11 Å². The topological polar surface area (TPSA) is 109 Å². The fourth-order valence-electron chi connectivity index (χ4n) is 5.89. The van der Waals surface area contributed by atoms with Crippen LogP contribution in [-0.4, -0.2) is 39.7 Å². The Morgan fingerprint density at radius 1 is 1.38 bits per heavy atom. The average Bonchev–Trinajstić information content (AvgIpc) is 3.05. The minimum absolute atomic E-state index is 0.313. The van der Waals surface area contributed by atoms with E-state index in [4.69, 9.17) is 10.6 Å². The fourth-order valence-corrected chi connectivity index (χ4v) is 5.89. The van der Waals surface area contributed by atoms with Crippen molar-refractivity contribution in [3.05, 3.63) is 24.0 Å². The number of nitrogens with zero attached hydrogens (tertiary/aromatic N) is 2. The number of rotatable bonds is 4. The van der Waals surface area contributed by atoms with Gasteiger partial charge in [-0.15, -0.1) is 0 Å². The van der Waals surface area contributed by atoms with E-state index in [-0.39, 0.29) is 0 Å². The molecule has 2 heterocycles. The molecule has 0 aliphatic heterocycles. The molecule has 4 saturated carbocycles. The van der Waals surface area contributed by atoms with Crippen LogP contribution in [0, 0.1) is 17.8 Å². The second-order valence-electron chi connectivity index (χ2n) is 8.31. The molecular formula is C19H25N5O2. The highest BCUT2D eigenvalue weighted by molar-refractivity contribution is 6.08. The van der Waals surface area contributed by atoms with Crippen molar-refractivity contribution in [1.29, 1.82) is 0 Å². The molecule has 4 aliphatic carbocycles. The fraction of sp³-hybridized carbons (Fsp3) is 0.579. The van der Waals surface area contributed by atoms with Gasteiger partial charge in [0.1, 0.15) is 12.8 Å². The highest BCUT2D eigenvalue weighted by Gasteiger charge is 2.54. The number of hydrogen-bond donors (Lipinski definition) is 4. The van der Waals surface area contributed by atoms with Gasteiger partial charge in [0, 0.05) is 23.8 Å². The van der Waals surface area contributed by atoms with Crippen molar-refractivity contribution in [2.24, 2.45) is 28.6 Å². The monoisotopic (exact) mass is 355 g/mol. The lowest BCUT2D eigenvalue weighted by atomic mass is 9.52. The van der Waals surface area contributed by atoms with E-state index in [1.54, 1.807) is 6.20 Å². The van der Waals surface area contributed by atoms with Gasteiger partial charge < -0.3 is 26.0 Å². The summed E-state index contributed by atoms with van der Waals surface area (Å²) in [7, 11) is 1.49. The number of amidine groups is 1. The summed E-state index contributed by atoms with van der Waals surface area (Å²) >= 11 is 0. The van der Waals surface area contributed by atoms with Gasteiger partial charge in [-0.3, -0.25) is 0 Å². The third-order valence-corrected chi connectivity index (χ3v) is 6.60. The summed E-state index contributed by atoms with van der Waals surface area (Å²) in [4.78, 5) is 12.5. The number of nitrogens with one attached hydrogen (secondary N) is 2. The number of hydrogen-bond acceptors (Lipinski definition) is 5. The Hall–Kier alpha value is -2.28. The maximum atomic E-state index is 10.8. The minimum Gasteiger partial charge on any atom is -0.397 e. The van der Waals surface area contributed by atoms with Crippen molar-refractivity contribution in [3.63, 3.8) is 0 Å². The predicted octanol–water partition coefficient (Wildman–Crippen LogP) is 2.18. The van der Waals surface area contributed by atoms with Gasteiger partial charge in [0.05, 0.1) is 16.9 Å². The van der Waals surface area contributed by atoms with Crippen molar-refractivity contribution in [1.82, 2.24) is 9.97 Å². The van der Waals surface area contributed by atoms with Crippen LogP contribution >= 0.6 is 0 Å². The molecule has 4 fully saturated rings. The summed E-state index contributed by atoms with van der Waals surface area (Å²) < 4.78 is 0. The maximum Gasteiger partial charge on any atom is 0.173 e. The van der Waals surface area contributed by atoms with Gasteiger partial charge in [-0.25, -0.2) is 4.98 Å². The van der Waals surface area contributed by atoms with Crippen LogP contribution in [-0.2, 0) is 4.84 Å². The molecule has 138 valence electrons. The normalized spacial score (nSPS) is 35.8. The molecule has 2 atom stereocenters. The lowest BCUT2D eigenvalue weighted by Gasteiger charge is -2.58. The zero-order valence-electron chi connectivity index (χ0n) is 14.9. The third kappa shape index (κ3) is 2.37. The van der Waals surface area contributed by atoms with Crippen LogP contribution in [0.25, 0.3) is 11.0 Å². The largest absolute Gasteiger partial charge is 0.397 e. The zero-order chi connectivity index (χ0) is 17.9. The Balaban J connectivity index is 1.54.